The van der Waals surface area contributed by atoms with Crippen molar-refractivity contribution in [3.63, 3.8) is 0 Å². The largest absolute Gasteiger partial charge is 0.478 e. The van der Waals surface area contributed by atoms with Crippen LogP contribution in [-0.2, 0) is 11.2 Å². The van der Waals surface area contributed by atoms with Crippen molar-refractivity contribution in [3.8, 4) is 0 Å². The monoisotopic (exact) mass is 290 g/mol. The van der Waals surface area contributed by atoms with Gasteiger partial charge in [0.05, 0.1) is 5.56 Å². The summed E-state index contributed by atoms with van der Waals surface area (Å²) in [4.78, 5) is 22.6. The highest BCUT2D eigenvalue weighted by Crippen LogP contribution is 2.13. The molecule has 0 aliphatic carbocycles. The molecule has 0 bridgehead atoms. The van der Waals surface area contributed by atoms with E-state index in [1.165, 1.54) is 0 Å². The van der Waals surface area contributed by atoms with Crippen LogP contribution in [0.25, 0.3) is 0 Å². The fourth-order valence-corrected chi connectivity index (χ4v) is 2.59. The molecule has 21 heavy (non-hydrogen) atoms. The van der Waals surface area contributed by atoms with E-state index < -0.39 is 5.97 Å². The molecule has 0 saturated carbocycles. The number of carbonyl (C=O) groups is 2. The summed E-state index contributed by atoms with van der Waals surface area (Å²) in [6, 6.07) is 6.77. The van der Waals surface area contributed by atoms with Gasteiger partial charge in [0.25, 0.3) is 0 Å². The van der Waals surface area contributed by atoms with E-state index in [1.54, 1.807) is 24.3 Å². The van der Waals surface area contributed by atoms with Gasteiger partial charge >= 0.3 is 5.97 Å². The van der Waals surface area contributed by atoms with Crippen LogP contribution in [-0.4, -0.2) is 36.6 Å². The first-order chi connectivity index (χ1) is 10.1. The molecule has 1 heterocycles. The number of hydrogen-bond acceptors (Lipinski definition) is 3. The van der Waals surface area contributed by atoms with E-state index in [0.29, 0.717) is 25.3 Å². The highest BCUT2D eigenvalue weighted by atomic mass is 16.4. The van der Waals surface area contributed by atoms with Crippen LogP contribution in [0.15, 0.2) is 24.3 Å². The Hall–Kier alpha value is -1.88. The Balaban J connectivity index is 1.68. The van der Waals surface area contributed by atoms with Gasteiger partial charge in [0.1, 0.15) is 0 Å². The molecule has 2 rings (SSSR count). The van der Waals surface area contributed by atoms with Gasteiger partial charge in [-0.2, -0.15) is 0 Å². The molecule has 1 aromatic rings. The van der Waals surface area contributed by atoms with Gasteiger partial charge in [0, 0.05) is 13.0 Å². The van der Waals surface area contributed by atoms with Gasteiger partial charge in [-0.3, -0.25) is 4.79 Å². The molecule has 114 valence electrons. The Bertz CT molecular complexity index is 479. The molecule has 1 atom stereocenters. The van der Waals surface area contributed by atoms with Crippen molar-refractivity contribution in [1.82, 2.24) is 10.6 Å². The lowest BCUT2D eigenvalue weighted by Crippen LogP contribution is -2.34. The average Bonchev–Trinajstić information content (AvgIpc) is 2.49. The van der Waals surface area contributed by atoms with Gasteiger partial charge in [-0.25, -0.2) is 4.79 Å². The van der Waals surface area contributed by atoms with Crippen molar-refractivity contribution in [2.45, 2.75) is 25.7 Å². The Kier molecular flexibility index (Phi) is 5.75. The lowest BCUT2D eigenvalue weighted by atomic mass is 9.96. The molecule has 5 nitrogen and oxygen atoms in total. The van der Waals surface area contributed by atoms with Gasteiger partial charge in [-0.15, -0.1) is 0 Å². The molecule has 1 aliphatic heterocycles. The minimum atomic E-state index is -0.920. The van der Waals surface area contributed by atoms with E-state index in [1.807, 2.05) is 0 Å². The number of rotatable bonds is 6. The zero-order chi connectivity index (χ0) is 15.1. The molecule has 0 radical (unpaired) electrons. The lowest BCUT2D eigenvalue weighted by Gasteiger charge is -2.22. The van der Waals surface area contributed by atoms with Gasteiger partial charge in [-0.05, 0) is 56.0 Å². The number of carbonyl (C=O) groups excluding carboxylic acids is 1. The Labute approximate surface area is 124 Å². The van der Waals surface area contributed by atoms with Crippen LogP contribution >= 0.6 is 0 Å². The van der Waals surface area contributed by atoms with Crippen LogP contribution in [0.4, 0.5) is 0 Å². The smallest absolute Gasteiger partial charge is 0.335 e. The van der Waals surface area contributed by atoms with Gasteiger partial charge < -0.3 is 15.7 Å². The van der Waals surface area contributed by atoms with E-state index in [4.69, 9.17) is 5.11 Å². The van der Waals surface area contributed by atoms with Crippen molar-refractivity contribution in [2.75, 3.05) is 19.6 Å². The van der Waals surface area contributed by atoms with Crippen LogP contribution in [0.2, 0.25) is 0 Å². The average molecular weight is 290 g/mol. The van der Waals surface area contributed by atoms with Gasteiger partial charge in [0.15, 0.2) is 0 Å². The number of hydrogen-bond donors (Lipinski definition) is 3. The summed E-state index contributed by atoms with van der Waals surface area (Å²) in [5.41, 5.74) is 1.31. The maximum atomic E-state index is 11.8. The fourth-order valence-electron chi connectivity index (χ4n) is 2.59. The first kappa shape index (κ1) is 15.5. The van der Waals surface area contributed by atoms with E-state index in [9.17, 15) is 9.59 Å². The summed E-state index contributed by atoms with van der Waals surface area (Å²) >= 11 is 0. The predicted octanol–water partition coefficient (Wildman–Crippen LogP) is 1.43. The minimum Gasteiger partial charge on any atom is -0.478 e. The summed E-state index contributed by atoms with van der Waals surface area (Å²) in [5, 5.41) is 15.1. The molecule has 0 aromatic heterocycles. The molecule has 0 spiro atoms. The number of carboxylic acids is 1. The highest BCUT2D eigenvalue weighted by Gasteiger charge is 2.16. The Morgan fingerprint density at radius 2 is 2.05 bits per heavy atom. The van der Waals surface area contributed by atoms with Crippen molar-refractivity contribution in [3.05, 3.63) is 35.4 Å². The van der Waals surface area contributed by atoms with Crippen LogP contribution in [0, 0.1) is 5.92 Å². The van der Waals surface area contributed by atoms with Crippen molar-refractivity contribution in [2.24, 2.45) is 5.92 Å². The molecule has 3 N–H and O–H groups in total. The standard InChI is InChI=1S/C16H22N2O3/c19-15(10-13-2-1-8-17-11-13)18-9-7-12-3-5-14(6-4-12)16(20)21/h3-6,13,17H,1-2,7-11H2,(H,18,19)(H,20,21). The Morgan fingerprint density at radius 1 is 1.29 bits per heavy atom. The number of aromatic carboxylic acids is 1. The second kappa shape index (κ2) is 7.78. The molecule has 1 fully saturated rings. The van der Waals surface area contributed by atoms with Crippen molar-refractivity contribution < 1.29 is 14.7 Å². The second-order valence-electron chi connectivity index (χ2n) is 5.52. The fraction of sp³-hybridized carbons (Fsp3) is 0.500. The van der Waals surface area contributed by atoms with Crippen molar-refractivity contribution in [1.29, 1.82) is 0 Å². The summed E-state index contributed by atoms with van der Waals surface area (Å²) < 4.78 is 0. The van der Waals surface area contributed by atoms with Gasteiger partial charge in [-0.1, -0.05) is 12.1 Å². The third-order valence-electron chi connectivity index (χ3n) is 3.81. The normalized spacial score (nSPS) is 18.2. The first-order valence-corrected chi connectivity index (χ1v) is 7.45. The van der Waals surface area contributed by atoms with Crippen LogP contribution < -0.4 is 10.6 Å². The van der Waals surface area contributed by atoms with Crippen molar-refractivity contribution >= 4 is 11.9 Å². The maximum absolute atomic E-state index is 11.8. The highest BCUT2D eigenvalue weighted by molar-refractivity contribution is 5.87. The SMILES string of the molecule is O=C(CC1CCCNC1)NCCc1ccc(C(=O)O)cc1. The molecular weight excluding hydrogens is 268 g/mol. The molecule has 1 aliphatic rings. The second-order valence-corrected chi connectivity index (χ2v) is 5.52. The zero-order valence-electron chi connectivity index (χ0n) is 12.1. The summed E-state index contributed by atoms with van der Waals surface area (Å²) in [6.45, 7) is 2.58. The third-order valence-corrected chi connectivity index (χ3v) is 3.81. The molecule has 1 amide bonds. The van der Waals surface area contributed by atoms with Crippen LogP contribution in [0.5, 0.6) is 0 Å². The summed E-state index contributed by atoms with van der Waals surface area (Å²) in [6.07, 6.45) is 3.57. The third kappa shape index (κ3) is 5.19. The number of amides is 1. The van der Waals surface area contributed by atoms with E-state index >= 15 is 0 Å². The number of piperidine rings is 1. The number of benzene rings is 1. The maximum Gasteiger partial charge on any atom is 0.335 e. The number of carboxylic acid groups (broad SMARTS) is 1. The van der Waals surface area contributed by atoms with E-state index in [0.717, 1.165) is 31.5 Å². The summed E-state index contributed by atoms with van der Waals surface area (Å²) in [7, 11) is 0. The molecule has 1 aromatic carbocycles. The van der Waals surface area contributed by atoms with Gasteiger partial charge in [0.2, 0.25) is 5.91 Å². The molecule has 1 saturated heterocycles. The topological polar surface area (TPSA) is 78.4 Å². The van der Waals surface area contributed by atoms with E-state index in [2.05, 4.69) is 10.6 Å². The Morgan fingerprint density at radius 3 is 2.67 bits per heavy atom. The van der Waals surface area contributed by atoms with E-state index in [-0.39, 0.29) is 11.5 Å². The first-order valence-electron chi connectivity index (χ1n) is 7.45. The molecule has 5 heteroatoms. The summed E-state index contributed by atoms with van der Waals surface area (Å²) in [5.74, 6) is -0.365. The minimum absolute atomic E-state index is 0.103. The predicted molar refractivity (Wildman–Crippen MR) is 80.3 cm³/mol. The van der Waals surface area contributed by atoms with Crippen LogP contribution in [0.3, 0.4) is 0 Å². The lowest BCUT2D eigenvalue weighted by molar-refractivity contribution is -0.122. The quantitative estimate of drug-likeness (QED) is 0.740. The molecular formula is C16H22N2O3. The zero-order valence-corrected chi connectivity index (χ0v) is 12.1. The number of nitrogens with one attached hydrogen (secondary N) is 2. The molecule has 1 unspecified atom stereocenters. The van der Waals surface area contributed by atoms with Crippen LogP contribution in [0.1, 0.15) is 35.2 Å².